The van der Waals surface area contributed by atoms with Crippen molar-refractivity contribution >= 4 is 19.4 Å². The Labute approximate surface area is 154 Å². The van der Waals surface area contributed by atoms with Crippen molar-refractivity contribution in [1.29, 1.82) is 0 Å². The van der Waals surface area contributed by atoms with Crippen molar-refractivity contribution in [1.82, 2.24) is 0 Å². The van der Waals surface area contributed by atoms with Crippen molar-refractivity contribution in [3.63, 3.8) is 0 Å². The van der Waals surface area contributed by atoms with Gasteiger partial charge in [-0.05, 0) is 71.8 Å². The zero-order valence-electron chi connectivity index (χ0n) is 15.9. The maximum atomic E-state index is 12.6. The van der Waals surface area contributed by atoms with Crippen LogP contribution in [-0.2, 0) is 0 Å². The SMILES string of the molecule is Cc1cccc(C)c1C(=O)Pc1ccc(OC(C)(C)C)cc1.[H-].[Li+]. The van der Waals surface area contributed by atoms with Crippen molar-refractivity contribution in [3.05, 3.63) is 59.2 Å². The molecule has 0 heterocycles. The molecule has 118 valence electrons. The molecule has 0 saturated heterocycles. The van der Waals surface area contributed by atoms with Gasteiger partial charge in [0.05, 0.1) is 0 Å². The van der Waals surface area contributed by atoms with Crippen LogP contribution in [0.2, 0.25) is 0 Å². The second kappa shape index (κ2) is 8.16. The van der Waals surface area contributed by atoms with Crippen LogP contribution in [0.5, 0.6) is 5.75 Å². The summed E-state index contributed by atoms with van der Waals surface area (Å²) in [5.74, 6) is 0.834. The maximum Gasteiger partial charge on any atom is 1.00 e. The Morgan fingerprint density at radius 3 is 2.00 bits per heavy atom. The third-order valence-corrected chi connectivity index (χ3v) is 4.34. The molecule has 1 atom stereocenters. The van der Waals surface area contributed by atoms with Gasteiger partial charge in [0, 0.05) is 5.56 Å². The number of rotatable bonds is 4. The summed E-state index contributed by atoms with van der Waals surface area (Å²) in [5.41, 5.74) is 2.93. The molecule has 2 aromatic rings. The van der Waals surface area contributed by atoms with E-state index in [4.69, 9.17) is 4.74 Å². The minimum Gasteiger partial charge on any atom is -1.00 e. The van der Waals surface area contributed by atoms with Gasteiger partial charge in [0.2, 0.25) is 0 Å². The molecule has 0 bridgehead atoms. The van der Waals surface area contributed by atoms with E-state index in [9.17, 15) is 4.79 Å². The first kappa shape index (κ1) is 20.0. The molecule has 0 spiro atoms. The molecule has 4 heteroatoms. The van der Waals surface area contributed by atoms with Crippen LogP contribution >= 0.6 is 8.58 Å². The molecule has 23 heavy (non-hydrogen) atoms. The predicted molar refractivity (Wildman–Crippen MR) is 96.1 cm³/mol. The Hall–Kier alpha value is -1.06. The van der Waals surface area contributed by atoms with Crippen LogP contribution in [0.15, 0.2) is 42.5 Å². The van der Waals surface area contributed by atoms with Crippen molar-refractivity contribution < 1.29 is 29.8 Å². The summed E-state index contributed by atoms with van der Waals surface area (Å²) in [6, 6.07) is 13.8. The molecular formula is C19H24LiO2P. The van der Waals surface area contributed by atoms with E-state index in [0.717, 1.165) is 27.7 Å². The normalized spacial score (nSPS) is 11.3. The molecule has 0 fully saturated rings. The standard InChI is InChI=1S/C19H23O2P.Li.H/c1-13-7-6-8-14(2)17(13)18(20)22-16-11-9-15(10-12-16)21-19(3,4)5;;/h6-12,22H,1-5H3;;/q;+1;-1. The molecule has 0 saturated carbocycles. The number of carbonyl (C=O) groups is 1. The maximum absolute atomic E-state index is 12.6. The van der Waals surface area contributed by atoms with E-state index in [1.165, 1.54) is 0 Å². The van der Waals surface area contributed by atoms with Crippen molar-refractivity contribution in [2.75, 3.05) is 0 Å². The number of hydrogen-bond acceptors (Lipinski definition) is 2. The average Bonchev–Trinajstić information content (AvgIpc) is 2.39. The van der Waals surface area contributed by atoms with Gasteiger partial charge in [-0.2, -0.15) is 0 Å². The number of benzene rings is 2. The van der Waals surface area contributed by atoms with Gasteiger partial charge < -0.3 is 6.16 Å². The van der Waals surface area contributed by atoms with Crippen LogP contribution < -0.4 is 28.9 Å². The molecule has 0 amide bonds. The van der Waals surface area contributed by atoms with Gasteiger partial charge >= 0.3 is 18.9 Å². The number of aryl methyl sites for hydroxylation is 2. The molecule has 0 N–H and O–H groups in total. The molecule has 0 aliphatic heterocycles. The molecule has 0 aliphatic carbocycles. The van der Waals surface area contributed by atoms with Gasteiger partial charge in [-0.25, -0.2) is 0 Å². The van der Waals surface area contributed by atoms with Crippen LogP contribution in [0.3, 0.4) is 0 Å². The first-order valence-electron chi connectivity index (χ1n) is 7.43. The second-order valence-corrected chi connectivity index (χ2v) is 7.74. The fourth-order valence-corrected chi connectivity index (χ4v) is 3.44. The van der Waals surface area contributed by atoms with Gasteiger partial charge in [-0.1, -0.05) is 30.3 Å². The largest absolute Gasteiger partial charge is 1.00 e. The first-order valence-corrected chi connectivity index (χ1v) is 8.43. The average molecular weight is 322 g/mol. The molecule has 2 nitrogen and oxygen atoms in total. The summed E-state index contributed by atoms with van der Waals surface area (Å²) in [7, 11) is 0.138. The first-order chi connectivity index (χ1) is 10.3. The van der Waals surface area contributed by atoms with Crippen LogP contribution in [0.1, 0.15) is 43.7 Å². The summed E-state index contributed by atoms with van der Waals surface area (Å²) in [5, 5.41) is 1.04. The van der Waals surface area contributed by atoms with E-state index in [1.54, 1.807) is 0 Å². The van der Waals surface area contributed by atoms with Crippen LogP contribution in [0.4, 0.5) is 0 Å². The molecule has 2 aromatic carbocycles. The molecule has 2 rings (SSSR count). The van der Waals surface area contributed by atoms with E-state index < -0.39 is 0 Å². The smallest absolute Gasteiger partial charge is 1.00 e. The van der Waals surface area contributed by atoms with Gasteiger partial charge in [-0.3, -0.25) is 4.79 Å². The predicted octanol–water partition coefficient (Wildman–Crippen LogP) is 1.74. The molecule has 1 unspecified atom stereocenters. The quantitative estimate of drug-likeness (QED) is 0.633. The van der Waals surface area contributed by atoms with Gasteiger partial charge in [0.15, 0.2) is 5.52 Å². The zero-order valence-corrected chi connectivity index (χ0v) is 15.9. The summed E-state index contributed by atoms with van der Waals surface area (Å²) in [4.78, 5) is 12.6. The molecule has 0 radical (unpaired) electrons. The summed E-state index contributed by atoms with van der Waals surface area (Å²) in [6.45, 7) is 10.0. The molecule has 0 aromatic heterocycles. The molecule has 0 aliphatic rings. The van der Waals surface area contributed by atoms with E-state index in [1.807, 2.05) is 77.1 Å². The Balaban J connectivity index is 0.00000264. The Morgan fingerprint density at radius 1 is 1.00 bits per heavy atom. The van der Waals surface area contributed by atoms with Gasteiger partial charge in [0.25, 0.3) is 0 Å². The third-order valence-electron chi connectivity index (χ3n) is 3.24. The Morgan fingerprint density at radius 2 is 1.52 bits per heavy atom. The van der Waals surface area contributed by atoms with Crippen LogP contribution in [0.25, 0.3) is 0 Å². The minimum absolute atomic E-state index is 0. The van der Waals surface area contributed by atoms with E-state index >= 15 is 0 Å². The summed E-state index contributed by atoms with van der Waals surface area (Å²) < 4.78 is 5.80. The molecular weight excluding hydrogens is 298 g/mol. The number of ether oxygens (including phenoxy) is 1. The van der Waals surface area contributed by atoms with E-state index in [2.05, 4.69) is 0 Å². The fraction of sp³-hybridized carbons (Fsp3) is 0.316. The second-order valence-electron chi connectivity index (χ2n) is 6.46. The Kier molecular flexibility index (Phi) is 7.09. The van der Waals surface area contributed by atoms with Crippen LogP contribution in [-0.4, -0.2) is 11.1 Å². The van der Waals surface area contributed by atoms with Crippen molar-refractivity contribution in [2.24, 2.45) is 0 Å². The fourth-order valence-electron chi connectivity index (χ4n) is 2.33. The Bertz CT molecular complexity index is 659. The van der Waals surface area contributed by atoms with Crippen molar-refractivity contribution in [3.8, 4) is 5.75 Å². The third kappa shape index (κ3) is 5.81. The van der Waals surface area contributed by atoms with E-state index in [-0.39, 0.29) is 40.0 Å². The number of hydrogen-bond donors (Lipinski definition) is 0. The van der Waals surface area contributed by atoms with E-state index in [0.29, 0.717) is 0 Å². The summed E-state index contributed by atoms with van der Waals surface area (Å²) in [6.07, 6.45) is 0. The van der Waals surface area contributed by atoms with Gasteiger partial charge in [-0.15, -0.1) is 0 Å². The summed E-state index contributed by atoms with van der Waals surface area (Å²) >= 11 is 0. The van der Waals surface area contributed by atoms with Gasteiger partial charge in [0.1, 0.15) is 11.4 Å². The van der Waals surface area contributed by atoms with Crippen LogP contribution in [0, 0.1) is 13.8 Å². The minimum atomic E-state index is -0.210. The monoisotopic (exact) mass is 322 g/mol. The number of carbonyl (C=O) groups excluding carboxylic acids is 1. The zero-order chi connectivity index (χ0) is 16.3. The topological polar surface area (TPSA) is 26.3 Å². The van der Waals surface area contributed by atoms with Crippen molar-refractivity contribution in [2.45, 2.75) is 40.2 Å².